The first kappa shape index (κ1) is 18.4. The predicted octanol–water partition coefficient (Wildman–Crippen LogP) is 2.71. The van der Waals surface area contributed by atoms with Gasteiger partial charge in [0.2, 0.25) is 5.91 Å². The topological polar surface area (TPSA) is 41.6 Å². The lowest BCUT2D eigenvalue weighted by Crippen LogP contribution is -2.36. The molecule has 0 radical (unpaired) electrons. The van der Waals surface area contributed by atoms with Crippen LogP contribution in [0.4, 0.5) is 0 Å². The summed E-state index contributed by atoms with van der Waals surface area (Å²) in [4.78, 5) is 15.0. The Balaban J connectivity index is 2.01. The van der Waals surface area contributed by atoms with E-state index in [0.717, 1.165) is 43.4 Å². The molecule has 0 saturated carbocycles. The highest BCUT2D eigenvalue weighted by Crippen LogP contribution is 2.23. The molecular weight excluding hydrogens is 356 g/mol. The lowest BCUT2D eigenvalue weighted by atomic mass is 9.95. The second-order valence-electron chi connectivity index (χ2n) is 6.31. The fraction of sp³-hybridized carbons (Fsp3) is 0.611. The Morgan fingerprint density at radius 3 is 3.04 bits per heavy atom. The first-order chi connectivity index (χ1) is 11.1. The zero-order valence-electron chi connectivity index (χ0n) is 14.1. The third kappa shape index (κ3) is 5.59. The van der Waals surface area contributed by atoms with E-state index in [1.165, 1.54) is 5.56 Å². The summed E-state index contributed by atoms with van der Waals surface area (Å²) in [5.74, 6) is 0.858. The molecule has 1 aliphatic heterocycles. The number of ether oxygens (including phenoxy) is 1. The molecule has 1 aliphatic rings. The number of nitrogens with one attached hydrogen (secondary N) is 1. The van der Waals surface area contributed by atoms with Crippen molar-refractivity contribution in [3.05, 3.63) is 34.3 Å². The number of carbonyl (C=O) groups excluding carboxylic acids is 1. The molecule has 0 bridgehead atoms. The van der Waals surface area contributed by atoms with Gasteiger partial charge in [-0.2, -0.15) is 0 Å². The van der Waals surface area contributed by atoms with Crippen LogP contribution in [0.25, 0.3) is 0 Å². The molecule has 1 amide bonds. The minimum Gasteiger partial charge on any atom is -0.385 e. The number of methoxy groups -OCH3 is 1. The van der Waals surface area contributed by atoms with E-state index in [0.29, 0.717) is 12.5 Å². The highest BCUT2D eigenvalue weighted by Gasteiger charge is 2.30. The van der Waals surface area contributed by atoms with Crippen molar-refractivity contribution < 1.29 is 9.53 Å². The maximum Gasteiger partial charge on any atom is 0.226 e. The van der Waals surface area contributed by atoms with Gasteiger partial charge in [-0.1, -0.05) is 28.1 Å². The standard InChI is InChI=1S/C18H27BrN2O2/c1-20-12-15-6-8-21(13-15)18(22)16(7-9-23-2)10-14-4-3-5-17(19)11-14/h3-5,11,15-16,20H,6-10,12-13H2,1-2H3. The molecule has 2 atom stereocenters. The first-order valence-electron chi connectivity index (χ1n) is 8.30. The molecule has 1 fully saturated rings. The molecule has 0 aromatic heterocycles. The molecule has 2 unspecified atom stereocenters. The summed E-state index contributed by atoms with van der Waals surface area (Å²) < 4.78 is 6.27. The molecule has 1 saturated heterocycles. The summed E-state index contributed by atoms with van der Waals surface area (Å²) in [6.45, 7) is 3.37. The van der Waals surface area contributed by atoms with Gasteiger partial charge in [-0.25, -0.2) is 0 Å². The number of hydrogen-bond acceptors (Lipinski definition) is 3. The zero-order valence-corrected chi connectivity index (χ0v) is 15.6. The minimum absolute atomic E-state index is 0.00224. The van der Waals surface area contributed by atoms with E-state index in [2.05, 4.69) is 33.4 Å². The fourth-order valence-corrected chi connectivity index (χ4v) is 3.71. The van der Waals surface area contributed by atoms with Crippen molar-refractivity contribution in [2.45, 2.75) is 19.3 Å². The van der Waals surface area contributed by atoms with Crippen LogP contribution in [0.15, 0.2) is 28.7 Å². The molecule has 1 heterocycles. The summed E-state index contributed by atoms with van der Waals surface area (Å²) in [7, 11) is 3.67. The third-order valence-corrected chi connectivity index (χ3v) is 4.97. The van der Waals surface area contributed by atoms with Gasteiger partial charge in [0.1, 0.15) is 0 Å². The van der Waals surface area contributed by atoms with Gasteiger partial charge in [-0.3, -0.25) is 4.79 Å². The quantitative estimate of drug-likeness (QED) is 0.751. The van der Waals surface area contributed by atoms with Crippen LogP contribution in [0.5, 0.6) is 0 Å². The molecule has 1 aromatic carbocycles. The Labute approximate surface area is 147 Å². The molecule has 1 aromatic rings. The lowest BCUT2D eigenvalue weighted by Gasteiger charge is -2.24. The van der Waals surface area contributed by atoms with E-state index >= 15 is 0 Å². The lowest BCUT2D eigenvalue weighted by molar-refractivity contribution is -0.135. The van der Waals surface area contributed by atoms with Crippen LogP contribution in [0.1, 0.15) is 18.4 Å². The molecule has 4 nitrogen and oxygen atoms in total. The number of nitrogens with zero attached hydrogens (tertiary/aromatic N) is 1. The third-order valence-electron chi connectivity index (χ3n) is 4.48. The fourth-order valence-electron chi connectivity index (χ4n) is 3.27. The summed E-state index contributed by atoms with van der Waals surface area (Å²) in [5, 5.41) is 3.22. The number of likely N-dealkylation sites (tertiary alicyclic amines) is 1. The Bertz CT molecular complexity index is 510. The largest absolute Gasteiger partial charge is 0.385 e. The van der Waals surface area contributed by atoms with Crippen molar-refractivity contribution in [1.82, 2.24) is 10.2 Å². The number of hydrogen-bond donors (Lipinski definition) is 1. The number of amides is 1. The molecule has 128 valence electrons. The van der Waals surface area contributed by atoms with Crippen LogP contribution in [0.3, 0.4) is 0 Å². The number of halogens is 1. The average molecular weight is 383 g/mol. The van der Waals surface area contributed by atoms with Crippen LogP contribution >= 0.6 is 15.9 Å². The van der Waals surface area contributed by atoms with Crippen molar-refractivity contribution in [1.29, 1.82) is 0 Å². The molecule has 5 heteroatoms. The summed E-state index contributed by atoms with van der Waals surface area (Å²) in [5.41, 5.74) is 1.19. The molecule has 0 spiro atoms. The molecule has 0 aliphatic carbocycles. The van der Waals surface area contributed by atoms with Crippen LogP contribution in [0, 0.1) is 11.8 Å². The minimum atomic E-state index is -0.00224. The van der Waals surface area contributed by atoms with E-state index in [1.807, 2.05) is 24.1 Å². The van der Waals surface area contributed by atoms with Crippen molar-refractivity contribution >= 4 is 21.8 Å². The zero-order chi connectivity index (χ0) is 16.7. The molecular formula is C18H27BrN2O2. The van der Waals surface area contributed by atoms with Crippen molar-refractivity contribution in [2.75, 3.05) is 40.4 Å². The van der Waals surface area contributed by atoms with Crippen LogP contribution in [-0.4, -0.2) is 51.2 Å². The molecule has 23 heavy (non-hydrogen) atoms. The highest BCUT2D eigenvalue weighted by molar-refractivity contribution is 9.10. The summed E-state index contributed by atoms with van der Waals surface area (Å²) in [6, 6.07) is 8.22. The van der Waals surface area contributed by atoms with Gasteiger partial charge in [0.05, 0.1) is 0 Å². The van der Waals surface area contributed by atoms with Gasteiger partial charge >= 0.3 is 0 Å². The van der Waals surface area contributed by atoms with Gasteiger partial charge < -0.3 is 15.0 Å². The Kier molecular flexibility index (Phi) is 7.53. The normalized spacial score (nSPS) is 19.1. The SMILES string of the molecule is CNCC1CCN(C(=O)C(CCOC)Cc2cccc(Br)c2)C1. The van der Waals surface area contributed by atoms with Gasteiger partial charge in [-0.05, 0) is 56.5 Å². The van der Waals surface area contributed by atoms with Crippen molar-refractivity contribution in [3.63, 3.8) is 0 Å². The maximum atomic E-state index is 12.9. The number of rotatable bonds is 8. The smallest absolute Gasteiger partial charge is 0.226 e. The monoisotopic (exact) mass is 382 g/mol. The Morgan fingerprint density at radius 1 is 1.52 bits per heavy atom. The maximum absolute atomic E-state index is 12.9. The van der Waals surface area contributed by atoms with Crippen LogP contribution in [0.2, 0.25) is 0 Å². The van der Waals surface area contributed by atoms with E-state index in [-0.39, 0.29) is 11.8 Å². The van der Waals surface area contributed by atoms with Gasteiger partial charge in [0, 0.05) is 37.2 Å². The highest BCUT2D eigenvalue weighted by atomic mass is 79.9. The average Bonchev–Trinajstić information content (AvgIpc) is 3.00. The molecule has 2 rings (SSSR count). The second kappa shape index (κ2) is 9.40. The number of benzene rings is 1. The van der Waals surface area contributed by atoms with Crippen molar-refractivity contribution in [3.8, 4) is 0 Å². The molecule has 1 N–H and O–H groups in total. The summed E-state index contributed by atoms with van der Waals surface area (Å²) >= 11 is 3.51. The van der Waals surface area contributed by atoms with Crippen LogP contribution < -0.4 is 5.32 Å². The predicted molar refractivity (Wildman–Crippen MR) is 96.4 cm³/mol. The van der Waals surface area contributed by atoms with E-state index in [1.54, 1.807) is 7.11 Å². The van der Waals surface area contributed by atoms with E-state index < -0.39 is 0 Å². The van der Waals surface area contributed by atoms with Gasteiger partial charge in [-0.15, -0.1) is 0 Å². The van der Waals surface area contributed by atoms with Crippen LogP contribution in [-0.2, 0) is 16.0 Å². The number of carbonyl (C=O) groups is 1. The van der Waals surface area contributed by atoms with Crippen molar-refractivity contribution in [2.24, 2.45) is 11.8 Å². The van der Waals surface area contributed by atoms with Gasteiger partial charge in [0.25, 0.3) is 0 Å². The Hall–Kier alpha value is -0.910. The van der Waals surface area contributed by atoms with E-state index in [4.69, 9.17) is 4.74 Å². The van der Waals surface area contributed by atoms with E-state index in [9.17, 15) is 4.79 Å². The second-order valence-corrected chi connectivity index (χ2v) is 7.22. The Morgan fingerprint density at radius 2 is 2.35 bits per heavy atom. The summed E-state index contributed by atoms with van der Waals surface area (Å²) in [6.07, 6.45) is 2.64. The first-order valence-corrected chi connectivity index (χ1v) is 9.10. The van der Waals surface area contributed by atoms with Gasteiger partial charge in [0.15, 0.2) is 0 Å².